The molecular weight excluding hydrogens is 582 g/mol. The van der Waals surface area contributed by atoms with Crippen molar-refractivity contribution in [3.8, 4) is 0 Å². The van der Waals surface area contributed by atoms with Gasteiger partial charge in [-0.2, -0.15) is 0 Å². The van der Waals surface area contributed by atoms with Gasteiger partial charge in [-0.25, -0.2) is 0 Å². The Morgan fingerprint density at radius 2 is 1.82 bits per heavy atom. The number of hydrogen-bond donors (Lipinski definition) is 0. The summed E-state index contributed by atoms with van der Waals surface area (Å²) >= 11 is 13.8. The lowest BCUT2D eigenvalue weighted by atomic mass is 9.76. The van der Waals surface area contributed by atoms with Crippen LogP contribution >= 0.6 is 43.5 Å². The number of carbonyl (C=O) groups is 2. The molecule has 8 heteroatoms. The number of halogens is 3. The third-order valence-electron chi connectivity index (χ3n) is 7.55. The number of likely N-dealkylation sites (tertiary alicyclic amines) is 2. The third-order valence-corrected chi connectivity index (χ3v) is 8.86. The Bertz CT molecular complexity index is 1120. The number of fused-ring (bicyclic) bond motifs is 2. The van der Waals surface area contributed by atoms with Crippen molar-refractivity contribution in [3.63, 3.8) is 0 Å². The monoisotopic (exact) mass is 607 g/mol. The lowest BCUT2D eigenvalue weighted by Gasteiger charge is -2.37. The summed E-state index contributed by atoms with van der Waals surface area (Å²) in [5.74, 6) is 0.912. The van der Waals surface area contributed by atoms with E-state index in [0.717, 1.165) is 71.4 Å². The van der Waals surface area contributed by atoms with Crippen LogP contribution in [0.4, 0.5) is 0 Å². The molecule has 1 aromatic carbocycles. The van der Waals surface area contributed by atoms with Gasteiger partial charge in [-0.3, -0.25) is 14.6 Å². The second kappa shape index (κ2) is 10.3. The van der Waals surface area contributed by atoms with Crippen LogP contribution in [-0.4, -0.2) is 52.8 Å². The zero-order chi connectivity index (χ0) is 23.8. The van der Waals surface area contributed by atoms with Crippen LogP contribution in [0, 0.1) is 5.92 Å². The average Bonchev–Trinajstić information content (AvgIpc) is 3.15. The van der Waals surface area contributed by atoms with Gasteiger partial charge in [0, 0.05) is 65.1 Å². The molecule has 5 rings (SSSR count). The highest BCUT2D eigenvalue weighted by Gasteiger charge is 2.36. The summed E-state index contributed by atoms with van der Waals surface area (Å²) in [4.78, 5) is 33.5. The van der Waals surface area contributed by atoms with Crippen LogP contribution in [0.1, 0.15) is 60.4 Å². The van der Waals surface area contributed by atoms with E-state index < -0.39 is 0 Å². The first kappa shape index (κ1) is 24.3. The van der Waals surface area contributed by atoms with Crippen LogP contribution < -0.4 is 0 Å². The van der Waals surface area contributed by atoms with E-state index in [1.807, 2.05) is 22.1 Å². The number of benzene rings is 1. The van der Waals surface area contributed by atoms with Crippen molar-refractivity contribution in [3.05, 3.63) is 60.7 Å². The Morgan fingerprint density at radius 1 is 1.06 bits per heavy atom. The maximum Gasteiger partial charge on any atom is 0.224 e. The van der Waals surface area contributed by atoms with Gasteiger partial charge in [-0.15, -0.1) is 0 Å². The Morgan fingerprint density at radius 3 is 2.56 bits per heavy atom. The number of piperidine rings is 1. The van der Waals surface area contributed by atoms with E-state index in [0.29, 0.717) is 25.3 Å². The fraction of sp³-hybridized carbons (Fsp3) is 0.500. The maximum absolute atomic E-state index is 12.9. The number of rotatable bonds is 4. The molecule has 0 spiro atoms. The van der Waals surface area contributed by atoms with Gasteiger partial charge >= 0.3 is 0 Å². The molecule has 180 valence electrons. The van der Waals surface area contributed by atoms with Crippen LogP contribution in [0.2, 0.25) is 5.02 Å². The Balaban J connectivity index is 1.35. The second-order valence-corrected chi connectivity index (χ2v) is 11.8. The van der Waals surface area contributed by atoms with Crippen molar-refractivity contribution in [2.75, 3.05) is 26.2 Å². The summed E-state index contributed by atoms with van der Waals surface area (Å²) in [6, 6.07) is 6.30. The summed E-state index contributed by atoms with van der Waals surface area (Å²) in [6.45, 7) is 2.84. The molecule has 3 aliphatic rings. The first-order valence-electron chi connectivity index (χ1n) is 12.1. The molecule has 2 saturated heterocycles. The van der Waals surface area contributed by atoms with E-state index in [9.17, 15) is 9.59 Å². The zero-order valence-electron chi connectivity index (χ0n) is 19.0. The molecule has 1 aliphatic carbocycles. The topological polar surface area (TPSA) is 53.5 Å². The molecule has 0 N–H and O–H groups in total. The highest BCUT2D eigenvalue weighted by molar-refractivity contribution is 9.10. The lowest BCUT2D eigenvalue weighted by Crippen LogP contribution is -2.41. The fourth-order valence-corrected chi connectivity index (χ4v) is 7.34. The van der Waals surface area contributed by atoms with Gasteiger partial charge in [0.2, 0.25) is 11.8 Å². The minimum absolute atomic E-state index is 0.162. The Hall–Kier alpha value is -1.44. The number of carbonyl (C=O) groups excluding carboxylic acids is 2. The fourth-order valence-electron chi connectivity index (χ4n) is 5.84. The molecule has 1 aromatic heterocycles. The van der Waals surface area contributed by atoms with Gasteiger partial charge in [0.1, 0.15) is 0 Å². The number of hydrogen-bond acceptors (Lipinski definition) is 3. The molecule has 0 saturated carbocycles. The molecule has 0 radical (unpaired) electrons. The SMILES string of the molecule is O=C1CCCN1CCC(=O)N1CCC([C@H]2c3ncc(Br)cc3CCc3cc(Cl)cc(Br)c32)CC1. The Kier molecular flexibility index (Phi) is 7.33. The van der Waals surface area contributed by atoms with Gasteiger partial charge in [-0.1, -0.05) is 27.5 Å². The summed E-state index contributed by atoms with van der Waals surface area (Å²) < 4.78 is 2.05. The van der Waals surface area contributed by atoms with E-state index in [1.54, 1.807) is 0 Å². The van der Waals surface area contributed by atoms with Crippen molar-refractivity contribution in [2.45, 2.75) is 50.9 Å². The average molecular weight is 610 g/mol. The first-order valence-corrected chi connectivity index (χ1v) is 14.0. The summed E-state index contributed by atoms with van der Waals surface area (Å²) in [5.41, 5.74) is 5.03. The predicted molar refractivity (Wildman–Crippen MR) is 140 cm³/mol. The first-order chi connectivity index (χ1) is 16.4. The normalized spacial score (nSPS) is 20.8. The van der Waals surface area contributed by atoms with Crippen molar-refractivity contribution < 1.29 is 9.59 Å². The number of aryl methyl sites for hydroxylation is 2. The van der Waals surface area contributed by atoms with E-state index in [1.165, 1.54) is 16.7 Å². The molecule has 2 amide bonds. The minimum Gasteiger partial charge on any atom is -0.343 e. The van der Waals surface area contributed by atoms with Crippen LogP contribution in [0.25, 0.3) is 0 Å². The molecule has 1 atom stereocenters. The van der Waals surface area contributed by atoms with Crippen LogP contribution in [-0.2, 0) is 22.4 Å². The quantitative estimate of drug-likeness (QED) is 0.444. The molecule has 34 heavy (non-hydrogen) atoms. The van der Waals surface area contributed by atoms with Crippen LogP contribution in [0.5, 0.6) is 0 Å². The number of nitrogens with zero attached hydrogens (tertiary/aromatic N) is 3. The standard InChI is InChI=1S/C26H28Br2ClN3O2/c27-19-12-18-4-3-17-13-20(29)14-21(28)24(17)25(26(18)30-15-19)16-5-9-32(10-6-16)23(34)7-11-31-8-1-2-22(31)33/h12-16,25H,1-11H2/t25-/m1/s1. The predicted octanol–water partition coefficient (Wildman–Crippen LogP) is 5.74. The van der Waals surface area contributed by atoms with Crippen molar-refractivity contribution >= 4 is 55.3 Å². The van der Waals surface area contributed by atoms with Gasteiger partial charge in [0.15, 0.2) is 0 Å². The highest BCUT2D eigenvalue weighted by Crippen LogP contribution is 2.46. The number of aromatic nitrogens is 1. The summed E-state index contributed by atoms with van der Waals surface area (Å²) in [5, 5.41) is 0.751. The van der Waals surface area contributed by atoms with Gasteiger partial charge in [0.05, 0.1) is 5.69 Å². The second-order valence-electron chi connectivity index (χ2n) is 9.59. The smallest absolute Gasteiger partial charge is 0.224 e. The zero-order valence-corrected chi connectivity index (χ0v) is 23.0. The Labute approximate surface area is 222 Å². The van der Waals surface area contributed by atoms with E-state index in [4.69, 9.17) is 16.6 Å². The lowest BCUT2D eigenvalue weighted by molar-refractivity contribution is -0.134. The largest absolute Gasteiger partial charge is 0.343 e. The van der Waals surface area contributed by atoms with E-state index >= 15 is 0 Å². The highest BCUT2D eigenvalue weighted by atomic mass is 79.9. The van der Waals surface area contributed by atoms with Crippen molar-refractivity contribution in [1.29, 1.82) is 0 Å². The molecule has 2 aliphatic heterocycles. The number of pyridine rings is 1. The maximum atomic E-state index is 12.9. The van der Waals surface area contributed by atoms with E-state index in [-0.39, 0.29) is 17.7 Å². The third kappa shape index (κ3) is 4.93. The van der Waals surface area contributed by atoms with Gasteiger partial charge in [-0.05, 0) is 88.8 Å². The molecule has 5 nitrogen and oxygen atoms in total. The molecule has 0 unspecified atom stereocenters. The van der Waals surface area contributed by atoms with Crippen molar-refractivity contribution in [1.82, 2.24) is 14.8 Å². The van der Waals surface area contributed by atoms with Gasteiger partial charge < -0.3 is 9.80 Å². The minimum atomic E-state index is 0.162. The molecule has 2 fully saturated rings. The van der Waals surface area contributed by atoms with Crippen LogP contribution in [0.15, 0.2) is 33.3 Å². The summed E-state index contributed by atoms with van der Waals surface area (Å²) in [7, 11) is 0. The molecule has 0 bridgehead atoms. The summed E-state index contributed by atoms with van der Waals surface area (Å²) in [6.07, 6.45) is 7.59. The van der Waals surface area contributed by atoms with Crippen molar-refractivity contribution in [2.24, 2.45) is 5.92 Å². The van der Waals surface area contributed by atoms with Crippen LogP contribution in [0.3, 0.4) is 0 Å². The van der Waals surface area contributed by atoms with Gasteiger partial charge in [0.25, 0.3) is 0 Å². The van der Waals surface area contributed by atoms with E-state index in [2.05, 4.69) is 44.0 Å². The molecule has 3 heterocycles. The molecular formula is C26H28Br2ClN3O2. The number of amides is 2. The molecule has 2 aromatic rings.